The van der Waals surface area contributed by atoms with Gasteiger partial charge in [0.25, 0.3) is 5.91 Å². The normalized spacial score (nSPS) is 10.8. The second-order valence-electron chi connectivity index (χ2n) is 7.56. The van der Waals surface area contributed by atoms with Gasteiger partial charge in [-0.1, -0.05) is 38.1 Å². The number of nitrogens with two attached hydrogens (primary N) is 1. The van der Waals surface area contributed by atoms with E-state index < -0.39 is 0 Å². The Kier molecular flexibility index (Phi) is 6.50. The van der Waals surface area contributed by atoms with Crippen molar-refractivity contribution in [2.24, 2.45) is 5.92 Å². The van der Waals surface area contributed by atoms with Gasteiger partial charge < -0.3 is 15.8 Å². The van der Waals surface area contributed by atoms with Crippen LogP contribution in [0.2, 0.25) is 0 Å². The molecule has 29 heavy (non-hydrogen) atoms. The molecule has 1 aromatic heterocycles. The lowest BCUT2D eigenvalue weighted by Gasteiger charge is -2.10. The van der Waals surface area contributed by atoms with Crippen molar-refractivity contribution in [2.75, 3.05) is 5.73 Å². The average molecular weight is 389 g/mol. The maximum absolute atomic E-state index is 12.3. The molecule has 2 aromatic carbocycles. The minimum Gasteiger partial charge on any atom is -0.457 e. The Morgan fingerprint density at radius 2 is 1.55 bits per heavy atom. The molecule has 0 atom stereocenters. The van der Waals surface area contributed by atoms with E-state index in [1.807, 2.05) is 43.3 Å². The Labute approximate surface area is 171 Å². The van der Waals surface area contributed by atoms with Gasteiger partial charge >= 0.3 is 0 Å². The lowest BCUT2D eigenvalue weighted by Crippen LogP contribution is -2.24. The predicted octanol–water partition coefficient (Wildman–Crippen LogP) is 4.89. The van der Waals surface area contributed by atoms with E-state index in [-0.39, 0.29) is 11.7 Å². The number of benzene rings is 2. The Hall–Kier alpha value is -3.34. The molecule has 0 saturated carbocycles. The summed E-state index contributed by atoms with van der Waals surface area (Å²) in [6.45, 7) is 6.65. The summed E-state index contributed by atoms with van der Waals surface area (Å²) in [5.74, 6) is 2.19. The molecule has 3 N–H and O–H groups in total. The number of pyridine rings is 1. The van der Waals surface area contributed by atoms with Crippen LogP contribution in [0.3, 0.4) is 0 Å². The fourth-order valence-electron chi connectivity index (χ4n) is 3.02. The largest absolute Gasteiger partial charge is 0.457 e. The van der Waals surface area contributed by atoms with E-state index in [0.717, 1.165) is 29.2 Å². The van der Waals surface area contributed by atoms with Crippen LogP contribution in [-0.2, 0) is 13.0 Å². The third-order valence-electron chi connectivity index (χ3n) is 4.49. The molecular formula is C24H27N3O2. The molecule has 5 heteroatoms. The van der Waals surface area contributed by atoms with E-state index in [0.29, 0.717) is 18.0 Å². The highest BCUT2D eigenvalue weighted by Crippen LogP contribution is 2.23. The van der Waals surface area contributed by atoms with Crippen LogP contribution in [0.25, 0.3) is 0 Å². The summed E-state index contributed by atoms with van der Waals surface area (Å²) < 4.78 is 5.90. The van der Waals surface area contributed by atoms with E-state index in [1.54, 1.807) is 12.1 Å². The zero-order valence-electron chi connectivity index (χ0n) is 17.1. The summed E-state index contributed by atoms with van der Waals surface area (Å²) >= 11 is 0. The molecule has 5 nitrogen and oxygen atoms in total. The maximum atomic E-state index is 12.3. The smallest absolute Gasteiger partial charge is 0.255 e. The highest BCUT2D eigenvalue weighted by Gasteiger charge is 2.10. The molecule has 0 unspecified atom stereocenters. The van der Waals surface area contributed by atoms with Gasteiger partial charge in [0.1, 0.15) is 17.3 Å². The van der Waals surface area contributed by atoms with E-state index in [1.165, 1.54) is 5.56 Å². The number of nitrogens with zero attached hydrogens (tertiary/aromatic N) is 1. The number of aryl methyl sites for hydroxylation is 1. The molecular weight excluding hydrogens is 362 g/mol. The summed E-state index contributed by atoms with van der Waals surface area (Å²) in [7, 11) is 0. The molecule has 1 heterocycles. The quantitative estimate of drug-likeness (QED) is 0.603. The Balaban J connectivity index is 1.55. The van der Waals surface area contributed by atoms with Gasteiger partial charge in [0.15, 0.2) is 0 Å². The summed E-state index contributed by atoms with van der Waals surface area (Å²) in [4.78, 5) is 16.4. The molecule has 1 amide bonds. The van der Waals surface area contributed by atoms with Crippen LogP contribution in [0, 0.1) is 12.8 Å². The van der Waals surface area contributed by atoms with Crippen molar-refractivity contribution >= 4 is 11.7 Å². The van der Waals surface area contributed by atoms with Gasteiger partial charge in [-0.3, -0.25) is 4.79 Å². The molecule has 3 aromatic rings. The average Bonchev–Trinajstić information content (AvgIpc) is 2.68. The second-order valence-corrected chi connectivity index (χ2v) is 7.56. The number of rotatable bonds is 7. The fourth-order valence-corrected chi connectivity index (χ4v) is 3.02. The van der Waals surface area contributed by atoms with Crippen LogP contribution in [0.1, 0.15) is 41.0 Å². The topological polar surface area (TPSA) is 77.2 Å². The minimum absolute atomic E-state index is 0.239. The number of nitrogens with one attached hydrogen (secondary N) is 1. The first kappa shape index (κ1) is 20.4. The Bertz CT molecular complexity index is 964. The number of carbonyl (C=O) groups excluding carboxylic acids is 1. The fraction of sp³-hybridized carbons (Fsp3) is 0.250. The monoisotopic (exact) mass is 389 g/mol. The summed E-state index contributed by atoms with van der Waals surface area (Å²) in [5.41, 5.74) is 9.27. The van der Waals surface area contributed by atoms with Crippen LogP contribution in [0.4, 0.5) is 5.82 Å². The zero-order valence-corrected chi connectivity index (χ0v) is 17.1. The number of carbonyl (C=O) groups is 1. The van der Waals surface area contributed by atoms with E-state index in [4.69, 9.17) is 10.5 Å². The van der Waals surface area contributed by atoms with Gasteiger partial charge in [-0.25, -0.2) is 4.98 Å². The first-order valence-corrected chi connectivity index (χ1v) is 9.78. The minimum atomic E-state index is -0.239. The first-order valence-electron chi connectivity index (χ1n) is 9.78. The maximum Gasteiger partial charge on any atom is 0.255 e. The lowest BCUT2D eigenvalue weighted by molar-refractivity contribution is 0.0951. The van der Waals surface area contributed by atoms with Crippen LogP contribution in [0.5, 0.6) is 11.5 Å². The second kappa shape index (κ2) is 9.24. The van der Waals surface area contributed by atoms with E-state index >= 15 is 0 Å². The van der Waals surface area contributed by atoms with Gasteiger partial charge in [-0.2, -0.15) is 0 Å². The van der Waals surface area contributed by atoms with Crippen LogP contribution >= 0.6 is 0 Å². The lowest BCUT2D eigenvalue weighted by atomic mass is 10.0. The summed E-state index contributed by atoms with van der Waals surface area (Å²) in [5, 5.41) is 2.87. The number of anilines is 1. The van der Waals surface area contributed by atoms with Crippen molar-refractivity contribution in [3.63, 3.8) is 0 Å². The standard InChI is InChI=1S/C24H27N3O2/c1-16(2)14-18-5-9-20(10-6-18)29-21-11-7-19(8-12-21)15-26-24(28)22-13-4-17(3)27-23(22)25/h4-13,16H,14-15H2,1-3H3,(H2,25,27)(H,26,28). The molecule has 3 rings (SSSR count). The van der Waals surface area contributed by atoms with E-state index in [2.05, 4.69) is 36.3 Å². The molecule has 0 saturated heterocycles. The highest BCUT2D eigenvalue weighted by molar-refractivity contribution is 5.98. The summed E-state index contributed by atoms with van der Waals surface area (Å²) in [6, 6.07) is 19.3. The van der Waals surface area contributed by atoms with Crippen molar-refractivity contribution in [3.05, 3.63) is 83.0 Å². The van der Waals surface area contributed by atoms with Crippen LogP contribution in [0.15, 0.2) is 60.7 Å². The van der Waals surface area contributed by atoms with Crippen molar-refractivity contribution in [2.45, 2.75) is 33.7 Å². The molecule has 0 aliphatic heterocycles. The molecule has 0 aliphatic rings. The van der Waals surface area contributed by atoms with Crippen molar-refractivity contribution < 1.29 is 9.53 Å². The summed E-state index contributed by atoms with van der Waals surface area (Å²) in [6.07, 6.45) is 1.06. The molecule has 0 radical (unpaired) electrons. The number of amides is 1. The number of hydrogen-bond donors (Lipinski definition) is 2. The molecule has 0 aliphatic carbocycles. The molecule has 0 bridgehead atoms. The van der Waals surface area contributed by atoms with Crippen LogP contribution < -0.4 is 15.8 Å². The van der Waals surface area contributed by atoms with Gasteiger partial charge in [-0.05, 0) is 66.8 Å². The SMILES string of the molecule is Cc1ccc(C(=O)NCc2ccc(Oc3ccc(CC(C)C)cc3)cc2)c(N)n1. The number of hydrogen-bond acceptors (Lipinski definition) is 4. The van der Waals surface area contributed by atoms with E-state index in [9.17, 15) is 4.79 Å². The Morgan fingerprint density at radius 1 is 0.966 bits per heavy atom. The number of aromatic nitrogens is 1. The van der Waals surface area contributed by atoms with Gasteiger partial charge in [0, 0.05) is 12.2 Å². The first-order chi connectivity index (χ1) is 13.9. The third-order valence-corrected chi connectivity index (χ3v) is 4.49. The molecule has 0 fully saturated rings. The molecule has 150 valence electrons. The van der Waals surface area contributed by atoms with Crippen molar-refractivity contribution in [1.29, 1.82) is 0 Å². The van der Waals surface area contributed by atoms with Gasteiger partial charge in [0.05, 0.1) is 5.56 Å². The third kappa shape index (κ3) is 5.82. The Morgan fingerprint density at radius 3 is 2.10 bits per heavy atom. The predicted molar refractivity (Wildman–Crippen MR) is 116 cm³/mol. The number of ether oxygens (including phenoxy) is 1. The van der Waals surface area contributed by atoms with Crippen LogP contribution in [-0.4, -0.2) is 10.9 Å². The van der Waals surface area contributed by atoms with Gasteiger partial charge in [0.2, 0.25) is 0 Å². The van der Waals surface area contributed by atoms with Crippen molar-refractivity contribution in [1.82, 2.24) is 10.3 Å². The van der Waals surface area contributed by atoms with Crippen molar-refractivity contribution in [3.8, 4) is 11.5 Å². The zero-order chi connectivity index (χ0) is 20.8. The number of nitrogen functional groups attached to an aromatic ring is 1. The molecule has 0 spiro atoms. The van der Waals surface area contributed by atoms with Gasteiger partial charge in [-0.15, -0.1) is 0 Å². The highest BCUT2D eigenvalue weighted by atomic mass is 16.5.